The number of amides is 2. The molecule has 1 aliphatic carbocycles. The van der Waals surface area contributed by atoms with Crippen LogP contribution in [0.3, 0.4) is 0 Å². The van der Waals surface area contributed by atoms with E-state index >= 15 is 0 Å². The predicted octanol–water partition coefficient (Wildman–Crippen LogP) is 3.62. The standard InChI is InChI=1S/C17H14ClFN2O2/c18-13-2-1-3-14(19)15(13)17(23)21-11-6-4-10(5-7-11)16(22)20-12-8-9-12/h1-7,12H,8-9H2,(H,20,22)(H,21,23). The van der Waals surface area contributed by atoms with Crippen LogP contribution in [0.15, 0.2) is 42.5 Å². The van der Waals surface area contributed by atoms with Gasteiger partial charge in [0.1, 0.15) is 5.82 Å². The van der Waals surface area contributed by atoms with Crippen LogP contribution < -0.4 is 10.6 Å². The number of nitrogens with one attached hydrogen (secondary N) is 2. The van der Waals surface area contributed by atoms with E-state index in [1.807, 2.05) is 0 Å². The zero-order chi connectivity index (χ0) is 16.4. The number of anilines is 1. The Kier molecular flexibility index (Phi) is 4.30. The molecular weight excluding hydrogens is 319 g/mol. The lowest BCUT2D eigenvalue weighted by Gasteiger charge is -2.09. The summed E-state index contributed by atoms with van der Waals surface area (Å²) < 4.78 is 13.7. The molecule has 0 spiro atoms. The lowest BCUT2D eigenvalue weighted by molar-refractivity contribution is 0.0950. The molecule has 2 amide bonds. The van der Waals surface area contributed by atoms with Crippen molar-refractivity contribution >= 4 is 29.1 Å². The van der Waals surface area contributed by atoms with Gasteiger partial charge in [0, 0.05) is 17.3 Å². The van der Waals surface area contributed by atoms with Gasteiger partial charge in [-0.3, -0.25) is 9.59 Å². The molecule has 0 aromatic heterocycles. The van der Waals surface area contributed by atoms with Crippen LogP contribution in [-0.2, 0) is 0 Å². The van der Waals surface area contributed by atoms with Crippen LogP contribution in [0.2, 0.25) is 5.02 Å². The smallest absolute Gasteiger partial charge is 0.260 e. The first-order valence-electron chi connectivity index (χ1n) is 7.21. The van der Waals surface area contributed by atoms with E-state index in [1.54, 1.807) is 24.3 Å². The molecule has 0 radical (unpaired) electrons. The fourth-order valence-electron chi connectivity index (χ4n) is 2.11. The maximum absolute atomic E-state index is 13.7. The maximum atomic E-state index is 13.7. The average Bonchev–Trinajstić information content (AvgIpc) is 3.31. The fraction of sp³-hybridized carbons (Fsp3) is 0.176. The minimum Gasteiger partial charge on any atom is -0.349 e. The molecule has 4 nitrogen and oxygen atoms in total. The van der Waals surface area contributed by atoms with Crippen LogP contribution in [-0.4, -0.2) is 17.9 Å². The van der Waals surface area contributed by atoms with E-state index in [9.17, 15) is 14.0 Å². The van der Waals surface area contributed by atoms with Gasteiger partial charge in [-0.15, -0.1) is 0 Å². The van der Waals surface area contributed by atoms with Gasteiger partial charge in [-0.2, -0.15) is 0 Å². The molecule has 0 heterocycles. The molecule has 0 bridgehead atoms. The first kappa shape index (κ1) is 15.5. The van der Waals surface area contributed by atoms with Gasteiger partial charge in [0.15, 0.2) is 0 Å². The topological polar surface area (TPSA) is 58.2 Å². The summed E-state index contributed by atoms with van der Waals surface area (Å²) >= 11 is 5.86. The van der Waals surface area contributed by atoms with Crippen LogP contribution in [0.25, 0.3) is 0 Å². The Bertz CT molecular complexity index is 737. The highest BCUT2D eigenvalue weighted by atomic mass is 35.5. The van der Waals surface area contributed by atoms with E-state index in [0.717, 1.165) is 12.8 Å². The number of benzene rings is 2. The summed E-state index contributed by atoms with van der Waals surface area (Å²) in [6, 6.07) is 10.7. The highest BCUT2D eigenvalue weighted by Gasteiger charge is 2.23. The van der Waals surface area contributed by atoms with Gasteiger partial charge in [-0.25, -0.2) is 4.39 Å². The zero-order valence-corrected chi connectivity index (χ0v) is 12.9. The van der Waals surface area contributed by atoms with Crippen molar-refractivity contribution in [3.63, 3.8) is 0 Å². The second kappa shape index (κ2) is 6.38. The minimum absolute atomic E-state index is 0.0444. The van der Waals surface area contributed by atoms with Gasteiger partial charge >= 0.3 is 0 Å². The summed E-state index contributed by atoms with van der Waals surface area (Å²) in [6.07, 6.45) is 2.03. The normalized spacial score (nSPS) is 13.5. The van der Waals surface area contributed by atoms with Gasteiger partial charge in [0.2, 0.25) is 0 Å². The molecule has 6 heteroatoms. The molecule has 1 saturated carbocycles. The van der Waals surface area contributed by atoms with Crippen LogP contribution in [0.5, 0.6) is 0 Å². The fourth-order valence-corrected chi connectivity index (χ4v) is 2.36. The number of halogens is 2. The number of hydrogen-bond acceptors (Lipinski definition) is 2. The van der Waals surface area contributed by atoms with Gasteiger partial charge in [0.05, 0.1) is 10.6 Å². The molecule has 0 saturated heterocycles. The molecule has 1 fully saturated rings. The Morgan fingerprint density at radius 2 is 1.74 bits per heavy atom. The molecule has 2 aromatic carbocycles. The van der Waals surface area contributed by atoms with Gasteiger partial charge in [0.25, 0.3) is 11.8 Å². The Hall–Kier alpha value is -2.40. The van der Waals surface area contributed by atoms with E-state index < -0.39 is 11.7 Å². The summed E-state index contributed by atoms with van der Waals surface area (Å²) in [6.45, 7) is 0. The van der Waals surface area contributed by atoms with Gasteiger partial charge < -0.3 is 10.6 Å². The maximum Gasteiger partial charge on any atom is 0.260 e. The molecule has 2 aromatic rings. The SMILES string of the molecule is O=C(NC1CC1)c1ccc(NC(=O)c2c(F)cccc2Cl)cc1. The molecule has 0 unspecified atom stereocenters. The van der Waals surface area contributed by atoms with Crippen molar-refractivity contribution in [2.24, 2.45) is 0 Å². The van der Waals surface area contributed by atoms with Crippen LogP contribution in [0.4, 0.5) is 10.1 Å². The van der Waals surface area contributed by atoms with Crippen molar-refractivity contribution in [3.8, 4) is 0 Å². The van der Waals surface area contributed by atoms with E-state index in [-0.39, 0.29) is 22.5 Å². The third-order valence-corrected chi connectivity index (χ3v) is 3.82. The highest BCUT2D eigenvalue weighted by molar-refractivity contribution is 6.34. The molecular formula is C17H14ClFN2O2. The second-order valence-corrected chi connectivity index (χ2v) is 5.78. The van der Waals surface area contributed by atoms with Crippen molar-refractivity contribution in [2.45, 2.75) is 18.9 Å². The second-order valence-electron chi connectivity index (χ2n) is 5.38. The van der Waals surface area contributed by atoms with Crippen molar-refractivity contribution in [2.75, 3.05) is 5.32 Å². The third kappa shape index (κ3) is 3.68. The predicted molar refractivity (Wildman–Crippen MR) is 86.3 cm³/mol. The van der Waals surface area contributed by atoms with Crippen LogP contribution >= 0.6 is 11.6 Å². The van der Waals surface area contributed by atoms with Crippen molar-refractivity contribution in [1.29, 1.82) is 0 Å². The van der Waals surface area contributed by atoms with E-state index in [0.29, 0.717) is 11.3 Å². The quantitative estimate of drug-likeness (QED) is 0.898. The van der Waals surface area contributed by atoms with Gasteiger partial charge in [-0.05, 0) is 49.2 Å². The minimum atomic E-state index is -0.685. The van der Waals surface area contributed by atoms with E-state index in [4.69, 9.17) is 11.6 Å². The monoisotopic (exact) mass is 332 g/mol. The first-order valence-corrected chi connectivity index (χ1v) is 7.58. The summed E-state index contributed by atoms with van der Waals surface area (Å²) in [5.41, 5.74) is 0.765. The highest BCUT2D eigenvalue weighted by Crippen LogP contribution is 2.21. The Labute approximate surface area is 137 Å². The Morgan fingerprint density at radius 3 is 2.35 bits per heavy atom. The first-order chi connectivity index (χ1) is 11.0. The molecule has 2 N–H and O–H groups in total. The van der Waals surface area contributed by atoms with E-state index in [2.05, 4.69) is 10.6 Å². The molecule has 23 heavy (non-hydrogen) atoms. The Balaban J connectivity index is 1.70. The lowest BCUT2D eigenvalue weighted by Crippen LogP contribution is -2.25. The number of carbonyl (C=O) groups is 2. The molecule has 3 rings (SSSR count). The number of hydrogen-bond donors (Lipinski definition) is 2. The summed E-state index contributed by atoms with van der Waals surface area (Å²) in [4.78, 5) is 24.0. The zero-order valence-electron chi connectivity index (χ0n) is 12.1. The van der Waals surface area contributed by atoms with Crippen LogP contribution in [0.1, 0.15) is 33.6 Å². The van der Waals surface area contributed by atoms with E-state index in [1.165, 1.54) is 18.2 Å². The Morgan fingerprint density at radius 1 is 1.04 bits per heavy atom. The number of rotatable bonds is 4. The molecule has 0 atom stereocenters. The summed E-state index contributed by atoms with van der Waals surface area (Å²) in [5, 5.41) is 5.49. The lowest BCUT2D eigenvalue weighted by atomic mass is 10.1. The van der Waals surface area contributed by atoms with Gasteiger partial charge in [-0.1, -0.05) is 17.7 Å². The van der Waals surface area contributed by atoms with Crippen molar-refractivity contribution in [1.82, 2.24) is 5.32 Å². The van der Waals surface area contributed by atoms with Crippen molar-refractivity contribution < 1.29 is 14.0 Å². The summed E-state index contributed by atoms with van der Waals surface area (Å²) in [5.74, 6) is -1.46. The van der Waals surface area contributed by atoms with Crippen molar-refractivity contribution in [3.05, 3.63) is 64.4 Å². The third-order valence-electron chi connectivity index (χ3n) is 3.51. The summed E-state index contributed by atoms with van der Waals surface area (Å²) in [7, 11) is 0. The van der Waals surface area contributed by atoms with Crippen LogP contribution in [0, 0.1) is 5.82 Å². The molecule has 118 valence electrons. The molecule has 0 aliphatic heterocycles. The average molecular weight is 333 g/mol. The largest absolute Gasteiger partial charge is 0.349 e. The number of carbonyl (C=O) groups excluding carboxylic acids is 2. The molecule has 1 aliphatic rings.